The van der Waals surface area contributed by atoms with Crippen LogP contribution < -0.4 is 10.5 Å². The molecule has 140 valence electrons. The summed E-state index contributed by atoms with van der Waals surface area (Å²) in [5.41, 5.74) is 7.82. The maximum absolute atomic E-state index is 12.4. The van der Waals surface area contributed by atoms with Crippen LogP contribution in [0.5, 0.6) is 5.75 Å². The van der Waals surface area contributed by atoms with Crippen molar-refractivity contribution < 1.29 is 14.3 Å². The molecule has 1 aromatic carbocycles. The van der Waals surface area contributed by atoms with Crippen molar-refractivity contribution in [2.75, 3.05) is 0 Å². The van der Waals surface area contributed by atoms with Crippen LogP contribution in [-0.4, -0.2) is 18.3 Å². The summed E-state index contributed by atoms with van der Waals surface area (Å²) >= 11 is 0. The maximum Gasteiger partial charge on any atom is 0.328 e. The second kappa shape index (κ2) is 7.69. The fraction of sp³-hybridized carbons (Fsp3) is 0.619. The lowest BCUT2D eigenvalue weighted by molar-refractivity contribution is -0.136. The topological polar surface area (TPSA) is 69.4 Å². The molecule has 0 amide bonds. The molecule has 4 heteroatoms. The zero-order chi connectivity index (χ0) is 19.6. The highest BCUT2D eigenvalue weighted by atomic mass is 16.5. The van der Waals surface area contributed by atoms with E-state index in [4.69, 9.17) is 10.5 Å². The van der Waals surface area contributed by atoms with Crippen molar-refractivity contribution in [1.29, 1.82) is 0 Å². The predicted octanol–water partition coefficient (Wildman–Crippen LogP) is 4.37. The number of carbonyl (C=O) groups is 2. The monoisotopic (exact) mass is 347 g/mol. The molecule has 2 N–H and O–H groups in total. The van der Waals surface area contributed by atoms with Gasteiger partial charge in [0.25, 0.3) is 0 Å². The van der Waals surface area contributed by atoms with Crippen LogP contribution in [0.2, 0.25) is 0 Å². The molecule has 0 spiro atoms. The van der Waals surface area contributed by atoms with Crippen LogP contribution in [0, 0.1) is 5.92 Å². The van der Waals surface area contributed by atoms with E-state index >= 15 is 0 Å². The average molecular weight is 347 g/mol. The quantitative estimate of drug-likeness (QED) is 0.488. The van der Waals surface area contributed by atoms with Crippen LogP contribution >= 0.6 is 0 Å². The van der Waals surface area contributed by atoms with Gasteiger partial charge in [0.1, 0.15) is 11.8 Å². The first-order chi connectivity index (χ1) is 11.3. The van der Waals surface area contributed by atoms with Gasteiger partial charge >= 0.3 is 5.97 Å². The van der Waals surface area contributed by atoms with Crippen LogP contribution in [0.25, 0.3) is 0 Å². The van der Waals surface area contributed by atoms with Gasteiger partial charge < -0.3 is 10.5 Å². The number of nitrogens with two attached hydrogens (primary N) is 1. The molecular formula is C21H33NO3. The Labute approximate surface area is 152 Å². The van der Waals surface area contributed by atoms with Gasteiger partial charge in [0, 0.05) is 5.56 Å². The first-order valence-corrected chi connectivity index (χ1v) is 8.88. The van der Waals surface area contributed by atoms with E-state index in [0.29, 0.717) is 23.7 Å². The fourth-order valence-electron chi connectivity index (χ4n) is 2.62. The summed E-state index contributed by atoms with van der Waals surface area (Å²) < 4.78 is 5.63. The Balaban J connectivity index is 3.43. The van der Waals surface area contributed by atoms with E-state index in [1.165, 1.54) is 0 Å². The van der Waals surface area contributed by atoms with E-state index < -0.39 is 12.0 Å². The van der Waals surface area contributed by atoms with Gasteiger partial charge in [-0.25, -0.2) is 4.79 Å². The number of ether oxygens (including phenoxy) is 1. The lowest BCUT2D eigenvalue weighted by Gasteiger charge is -2.28. The largest absolute Gasteiger partial charge is 0.424 e. The Morgan fingerprint density at radius 2 is 1.68 bits per heavy atom. The third-order valence-electron chi connectivity index (χ3n) is 4.15. The molecule has 1 rings (SSSR count). The van der Waals surface area contributed by atoms with Gasteiger partial charge in [-0.05, 0) is 34.8 Å². The zero-order valence-electron chi connectivity index (χ0n) is 16.9. The molecule has 0 aliphatic carbocycles. The molecule has 0 unspecified atom stereocenters. The number of esters is 1. The molecule has 0 bridgehead atoms. The number of carbonyl (C=O) groups excluding carboxylic acids is 2. The third-order valence-corrected chi connectivity index (χ3v) is 4.15. The molecular weight excluding hydrogens is 314 g/mol. The van der Waals surface area contributed by atoms with E-state index in [-0.39, 0.29) is 10.8 Å². The lowest BCUT2D eigenvalue weighted by Crippen LogP contribution is -2.36. The fourth-order valence-corrected chi connectivity index (χ4v) is 2.62. The van der Waals surface area contributed by atoms with Gasteiger partial charge in [-0.15, -0.1) is 0 Å². The van der Waals surface area contributed by atoms with Crippen LogP contribution in [0.1, 0.15) is 83.3 Å². The van der Waals surface area contributed by atoms with Crippen molar-refractivity contribution in [2.45, 2.75) is 78.7 Å². The SMILES string of the molecule is CC(C)C[C@H](N)C(=O)Oc1c(C=O)cc(C(C)(C)C)cc1C(C)(C)C. The number of aldehydes is 1. The van der Waals surface area contributed by atoms with E-state index in [1.807, 2.05) is 40.7 Å². The third kappa shape index (κ3) is 5.67. The molecule has 0 aliphatic heterocycles. The van der Waals surface area contributed by atoms with Gasteiger partial charge in [-0.2, -0.15) is 0 Å². The summed E-state index contributed by atoms with van der Waals surface area (Å²) in [7, 11) is 0. The Morgan fingerprint density at radius 3 is 2.08 bits per heavy atom. The number of hydrogen-bond acceptors (Lipinski definition) is 4. The van der Waals surface area contributed by atoms with Gasteiger partial charge in [0.15, 0.2) is 6.29 Å². The standard InChI is InChI=1S/C21H33NO3/c1-13(2)9-17(22)19(24)25-18-14(12-23)10-15(20(3,4)5)11-16(18)21(6,7)8/h10-13,17H,9,22H2,1-8H3/t17-/m0/s1. The average Bonchev–Trinajstić information content (AvgIpc) is 2.43. The summed E-state index contributed by atoms with van der Waals surface area (Å²) in [6.45, 7) is 16.4. The Kier molecular flexibility index (Phi) is 6.57. The van der Waals surface area contributed by atoms with Crippen molar-refractivity contribution in [3.05, 3.63) is 28.8 Å². The number of rotatable bonds is 5. The Bertz CT molecular complexity index is 634. The van der Waals surface area contributed by atoms with E-state index in [2.05, 4.69) is 20.8 Å². The molecule has 0 saturated carbocycles. The number of benzene rings is 1. The minimum atomic E-state index is -0.699. The molecule has 0 aliphatic rings. The second-order valence-electron chi connectivity index (χ2n) is 9.22. The molecule has 0 saturated heterocycles. The molecule has 1 aromatic rings. The molecule has 4 nitrogen and oxygen atoms in total. The van der Waals surface area contributed by atoms with Crippen molar-refractivity contribution >= 4 is 12.3 Å². The van der Waals surface area contributed by atoms with E-state index in [0.717, 1.165) is 17.4 Å². The number of hydrogen-bond donors (Lipinski definition) is 1. The predicted molar refractivity (Wildman–Crippen MR) is 102 cm³/mol. The van der Waals surface area contributed by atoms with Crippen molar-refractivity contribution in [3.8, 4) is 5.75 Å². The summed E-state index contributed by atoms with van der Waals surface area (Å²) in [4.78, 5) is 24.1. The maximum atomic E-state index is 12.4. The molecule has 1 atom stereocenters. The molecule has 0 heterocycles. The Morgan fingerprint density at radius 1 is 1.12 bits per heavy atom. The first-order valence-electron chi connectivity index (χ1n) is 8.88. The van der Waals surface area contributed by atoms with Crippen LogP contribution in [-0.2, 0) is 15.6 Å². The smallest absolute Gasteiger partial charge is 0.328 e. The molecule has 0 fully saturated rings. The van der Waals surface area contributed by atoms with Crippen LogP contribution in [0.4, 0.5) is 0 Å². The highest BCUT2D eigenvalue weighted by molar-refractivity contribution is 5.85. The molecule has 0 aromatic heterocycles. The second-order valence-corrected chi connectivity index (χ2v) is 9.22. The van der Waals surface area contributed by atoms with E-state index in [1.54, 1.807) is 6.07 Å². The van der Waals surface area contributed by atoms with Gasteiger partial charge in [0.2, 0.25) is 0 Å². The van der Waals surface area contributed by atoms with E-state index in [9.17, 15) is 9.59 Å². The molecule has 25 heavy (non-hydrogen) atoms. The van der Waals surface area contributed by atoms with Gasteiger partial charge in [-0.1, -0.05) is 61.5 Å². The minimum absolute atomic E-state index is 0.117. The van der Waals surface area contributed by atoms with Gasteiger partial charge in [0.05, 0.1) is 5.56 Å². The van der Waals surface area contributed by atoms with Gasteiger partial charge in [-0.3, -0.25) is 4.79 Å². The highest BCUT2D eigenvalue weighted by Crippen LogP contribution is 2.38. The Hall–Kier alpha value is -1.68. The van der Waals surface area contributed by atoms with Crippen LogP contribution in [0.3, 0.4) is 0 Å². The van der Waals surface area contributed by atoms with Crippen molar-refractivity contribution in [3.63, 3.8) is 0 Å². The first kappa shape index (κ1) is 21.4. The lowest BCUT2D eigenvalue weighted by atomic mass is 9.79. The summed E-state index contributed by atoms with van der Waals surface area (Å²) in [6, 6.07) is 3.14. The van der Waals surface area contributed by atoms with Crippen molar-refractivity contribution in [1.82, 2.24) is 0 Å². The normalized spacial score (nSPS) is 13.7. The van der Waals surface area contributed by atoms with Crippen molar-refractivity contribution in [2.24, 2.45) is 11.7 Å². The zero-order valence-corrected chi connectivity index (χ0v) is 16.9. The van der Waals surface area contributed by atoms with Crippen LogP contribution in [0.15, 0.2) is 12.1 Å². The summed E-state index contributed by atoms with van der Waals surface area (Å²) in [6.07, 6.45) is 1.29. The highest BCUT2D eigenvalue weighted by Gasteiger charge is 2.28. The summed E-state index contributed by atoms with van der Waals surface area (Å²) in [5.74, 6) is 0.129. The molecule has 0 radical (unpaired) electrons. The summed E-state index contributed by atoms with van der Waals surface area (Å²) in [5, 5.41) is 0. The minimum Gasteiger partial charge on any atom is -0.424 e.